The molecule has 0 aliphatic carbocycles. The smallest absolute Gasteiger partial charge is 0.336 e. The monoisotopic (exact) mass is 240 g/mol. The standard InChI is InChI=1S/C8H11F3N2OS/c1-2-7(14)12-3-4-13(15)6(5-12)8(9,10)11/h2,6,15H,1,3-5H2. The predicted octanol–water partition coefficient (Wildman–Crippen LogP) is 1.09. The summed E-state index contributed by atoms with van der Waals surface area (Å²) in [5.74, 6) is -0.481. The zero-order valence-electron chi connectivity index (χ0n) is 7.87. The Morgan fingerprint density at radius 1 is 1.47 bits per heavy atom. The van der Waals surface area contributed by atoms with Gasteiger partial charge in [0, 0.05) is 19.6 Å². The number of piperazine rings is 1. The molecule has 1 atom stereocenters. The number of amides is 1. The number of nitrogens with zero attached hydrogens (tertiary/aromatic N) is 2. The molecule has 86 valence electrons. The maximum atomic E-state index is 12.5. The molecule has 1 fully saturated rings. The second-order valence-corrected chi connectivity index (χ2v) is 3.72. The second-order valence-electron chi connectivity index (χ2n) is 3.21. The molecule has 1 unspecified atom stereocenters. The number of hydrogen-bond acceptors (Lipinski definition) is 3. The van der Waals surface area contributed by atoms with Crippen molar-refractivity contribution < 1.29 is 18.0 Å². The van der Waals surface area contributed by atoms with Gasteiger partial charge in [-0.05, 0) is 6.08 Å². The summed E-state index contributed by atoms with van der Waals surface area (Å²) in [4.78, 5) is 12.3. The van der Waals surface area contributed by atoms with E-state index in [1.807, 2.05) is 0 Å². The molecular formula is C8H11F3N2OS. The first kappa shape index (κ1) is 12.4. The SMILES string of the molecule is C=CC(=O)N1CCN(S)C(C(F)(F)F)C1. The van der Waals surface area contributed by atoms with E-state index in [9.17, 15) is 18.0 Å². The van der Waals surface area contributed by atoms with Gasteiger partial charge in [0.25, 0.3) is 0 Å². The Balaban J connectivity index is 2.72. The fourth-order valence-electron chi connectivity index (χ4n) is 1.38. The third-order valence-corrected chi connectivity index (χ3v) is 2.70. The van der Waals surface area contributed by atoms with Crippen molar-refractivity contribution in [3.8, 4) is 0 Å². The van der Waals surface area contributed by atoms with Gasteiger partial charge in [0.1, 0.15) is 6.04 Å². The number of halogens is 3. The number of hydrogen-bond donors (Lipinski definition) is 1. The lowest BCUT2D eigenvalue weighted by atomic mass is 10.2. The molecule has 0 aromatic heterocycles. The molecule has 0 aromatic carbocycles. The lowest BCUT2D eigenvalue weighted by Crippen LogP contribution is -2.56. The Labute approximate surface area is 91.1 Å². The van der Waals surface area contributed by atoms with Gasteiger partial charge in [0.15, 0.2) is 0 Å². The van der Waals surface area contributed by atoms with Crippen LogP contribution < -0.4 is 0 Å². The van der Waals surface area contributed by atoms with Gasteiger partial charge in [-0.1, -0.05) is 19.4 Å². The summed E-state index contributed by atoms with van der Waals surface area (Å²) in [6, 6.07) is -1.71. The molecule has 1 saturated heterocycles. The van der Waals surface area contributed by atoms with Crippen molar-refractivity contribution in [2.24, 2.45) is 0 Å². The van der Waals surface area contributed by atoms with Gasteiger partial charge in [-0.25, -0.2) is 4.31 Å². The van der Waals surface area contributed by atoms with Gasteiger partial charge < -0.3 is 4.90 Å². The Bertz CT molecular complexity index is 269. The first-order valence-corrected chi connectivity index (χ1v) is 4.70. The molecule has 0 saturated carbocycles. The van der Waals surface area contributed by atoms with Crippen molar-refractivity contribution in [3.63, 3.8) is 0 Å². The quantitative estimate of drug-likeness (QED) is 0.548. The average Bonchev–Trinajstić information content (AvgIpc) is 2.15. The van der Waals surface area contributed by atoms with Crippen molar-refractivity contribution in [2.75, 3.05) is 19.6 Å². The summed E-state index contributed by atoms with van der Waals surface area (Å²) < 4.78 is 38.3. The van der Waals surface area contributed by atoms with Crippen LogP contribution in [0.25, 0.3) is 0 Å². The van der Waals surface area contributed by atoms with Crippen molar-refractivity contribution in [1.82, 2.24) is 9.21 Å². The molecule has 15 heavy (non-hydrogen) atoms. The summed E-state index contributed by atoms with van der Waals surface area (Å²) in [6.07, 6.45) is -3.36. The average molecular weight is 240 g/mol. The number of carbonyl (C=O) groups excluding carboxylic acids is 1. The van der Waals surface area contributed by atoms with E-state index in [0.29, 0.717) is 0 Å². The van der Waals surface area contributed by atoms with Crippen LogP contribution in [0, 0.1) is 0 Å². The summed E-state index contributed by atoms with van der Waals surface area (Å²) in [5.41, 5.74) is 0. The molecule has 1 aliphatic rings. The number of thiol groups is 1. The first-order chi connectivity index (χ1) is 6.86. The molecule has 3 nitrogen and oxygen atoms in total. The molecule has 0 bridgehead atoms. The van der Waals surface area contributed by atoms with Crippen LogP contribution in [0.5, 0.6) is 0 Å². The summed E-state index contributed by atoms with van der Waals surface area (Å²) in [5, 5.41) is 0. The molecule has 1 aliphatic heterocycles. The van der Waals surface area contributed by atoms with E-state index < -0.39 is 24.7 Å². The van der Waals surface area contributed by atoms with Gasteiger partial charge in [0.2, 0.25) is 5.91 Å². The van der Waals surface area contributed by atoms with Crippen LogP contribution in [0.15, 0.2) is 12.7 Å². The lowest BCUT2D eigenvalue weighted by molar-refractivity contribution is -0.182. The van der Waals surface area contributed by atoms with Gasteiger partial charge in [-0.2, -0.15) is 13.2 Å². The van der Waals surface area contributed by atoms with Crippen LogP contribution in [0.1, 0.15) is 0 Å². The van der Waals surface area contributed by atoms with E-state index in [2.05, 4.69) is 19.4 Å². The van der Waals surface area contributed by atoms with Crippen LogP contribution >= 0.6 is 12.8 Å². The normalized spacial score (nSPS) is 24.0. The highest BCUT2D eigenvalue weighted by Crippen LogP contribution is 2.28. The molecule has 1 amide bonds. The first-order valence-electron chi connectivity index (χ1n) is 4.30. The number of alkyl halides is 3. The highest BCUT2D eigenvalue weighted by molar-refractivity contribution is 7.77. The van der Waals surface area contributed by atoms with Gasteiger partial charge in [0.05, 0.1) is 0 Å². The molecule has 1 rings (SSSR count). The van der Waals surface area contributed by atoms with Crippen molar-refractivity contribution in [3.05, 3.63) is 12.7 Å². The molecule has 0 spiro atoms. The third kappa shape index (κ3) is 2.88. The topological polar surface area (TPSA) is 23.6 Å². The number of carbonyl (C=O) groups is 1. The summed E-state index contributed by atoms with van der Waals surface area (Å²) >= 11 is 3.74. The molecule has 0 N–H and O–H groups in total. The largest absolute Gasteiger partial charge is 0.406 e. The van der Waals surface area contributed by atoms with Crippen molar-refractivity contribution in [1.29, 1.82) is 0 Å². The Kier molecular flexibility index (Phi) is 3.67. The third-order valence-electron chi connectivity index (χ3n) is 2.22. The summed E-state index contributed by atoms with van der Waals surface area (Å²) in [6.45, 7) is 3.17. The zero-order valence-corrected chi connectivity index (χ0v) is 8.76. The van der Waals surface area contributed by atoms with Crippen molar-refractivity contribution in [2.45, 2.75) is 12.2 Å². The van der Waals surface area contributed by atoms with Crippen molar-refractivity contribution >= 4 is 18.7 Å². The summed E-state index contributed by atoms with van der Waals surface area (Å²) in [7, 11) is 0. The van der Waals surface area contributed by atoms with E-state index in [0.717, 1.165) is 15.3 Å². The molecule has 1 heterocycles. The molecular weight excluding hydrogens is 229 g/mol. The maximum absolute atomic E-state index is 12.5. The van der Waals surface area contributed by atoms with E-state index in [4.69, 9.17) is 0 Å². The van der Waals surface area contributed by atoms with Crippen LogP contribution in [0.3, 0.4) is 0 Å². The Morgan fingerprint density at radius 3 is 2.53 bits per heavy atom. The van der Waals surface area contributed by atoms with Crippen LogP contribution in [-0.4, -0.2) is 47.0 Å². The van der Waals surface area contributed by atoms with E-state index in [1.165, 1.54) is 0 Å². The minimum Gasteiger partial charge on any atom is -0.336 e. The lowest BCUT2D eigenvalue weighted by Gasteiger charge is -2.38. The minimum absolute atomic E-state index is 0.0901. The fourth-order valence-corrected chi connectivity index (χ4v) is 1.67. The van der Waals surface area contributed by atoms with Crippen LogP contribution in [-0.2, 0) is 4.79 Å². The van der Waals surface area contributed by atoms with Crippen LogP contribution in [0.2, 0.25) is 0 Å². The van der Waals surface area contributed by atoms with E-state index in [-0.39, 0.29) is 13.1 Å². The molecule has 0 aromatic rings. The minimum atomic E-state index is -4.37. The highest BCUT2D eigenvalue weighted by Gasteiger charge is 2.46. The molecule has 0 radical (unpaired) electrons. The van der Waals surface area contributed by atoms with Gasteiger partial charge in [-0.3, -0.25) is 4.79 Å². The maximum Gasteiger partial charge on any atom is 0.406 e. The molecule has 7 heteroatoms. The Hall–Kier alpha value is -0.690. The highest BCUT2D eigenvalue weighted by atomic mass is 32.1. The van der Waals surface area contributed by atoms with Gasteiger partial charge in [-0.15, -0.1) is 0 Å². The van der Waals surface area contributed by atoms with Gasteiger partial charge >= 0.3 is 6.18 Å². The number of rotatable bonds is 1. The fraction of sp³-hybridized carbons (Fsp3) is 0.625. The van der Waals surface area contributed by atoms with Crippen LogP contribution in [0.4, 0.5) is 13.2 Å². The van der Waals surface area contributed by atoms with E-state index in [1.54, 1.807) is 0 Å². The predicted molar refractivity (Wildman–Crippen MR) is 52.3 cm³/mol. The second kappa shape index (κ2) is 4.44. The Morgan fingerprint density at radius 2 is 2.07 bits per heavy atom. The van der Waals surface area contributed by atoms with E-state index >= 15 is 0 Å². The zero-order chi connectivity index (χ0) is 11.6.